The second-order valence-corrected chi connectivity index (χ2v) is 6.00. The fourth-order valence-corrected chi connectivity index (χ4v) is 2.92. The van der Waals surface area contributed by atoms with Gasteiger partial charge in [-0.05, 0) is 24.3 Å². The number of furan rings is 1. The van der Waals surface area contributed by atoms with Gasteiger partial charge in [0.15, 0.2) is 0 Å². The molecule has 0 aliphatic carbocycles. The van der Waals surface area contributed by atoms with Crippen molar-refractivity contribution in [2.24, 2.45) is 0 Å². The van der Waals surface area contributed by atoms with Crippen LogP contribution in [0.15, 0.2) is 47.1 Å². The van der Waals surface area contributed by atoms with Crippen LogP contribution in [0.1, 0.15) is 17.4 Å². The van der Waals surface area contributed by atoms with Gasteiger partial charge in [0, 0.05) is 19.6 Å². The van der Waals surface area contributed by atoms with E-state index in [2.05, 4.69) is 15.5 Å². The lowest BCUT2D eigenvalue weighted by molar-refractivity contribution is -0.136. The number of carbonyl (C=O) groups excluding carboxylic acids is 2. The summed E-state index contributed by atoms with van der Waals surface area (Å²) in [6.07, 6.45) is 1.58. The van der Waals surface area contributed by atoms with Crippen LogP contribution in [0.4, 0.5) is 5.69 Å². The Morgan fingerprint density at radius 1 is 1.15 bits per heavy atom. The van der Waals surface area contributed by atoms with Crippen LogP contribution in [0.3, 0.4) is 0 Å². The van der Waals surface area contributed by atoms with Crippen LogP contribution in [-0.4, -0.2) is 49.6 Å². The van der Waals surface area contributed by atoms with Crippen LogP contribution >= 0.6 is 0 Å². The molecule has 1 saturated heterocycles. The van der Waals surface area contributed by atoms with Gasteiger partial charge in [0.2, 0.25) is 0 Å². The first kappa shape index (κ1) is 18.6. The normalized spacial score (nSPS) is 15.5. The van der Waals surface area contributed by atoms with E-state index in [0.717, 1.165) is 0 Å². The minimum Gasteiger partial charge on any atom is -0.468 e. The number of anilines is 1. The lowest BCUT2D eigenvalue weighted by atomic mass is 10.1. The highest BCUT2D eigenvalue weighted by molar-refractivity contribution is 6.39. The van der Waals surface area contributed by atoms with E-state index >= 15 is 0 Å². The highest BCUT2D eigenvalue weighted by Gasteiger charge is 2.26. The summed E-state index contributed by atoms with van der Waals surface area (Å²) in [4.78, 5) is 26.5. The van der Waals surface area contributed by atoms with Gasteiger partial charge in [0.25, 0.3) is 0 Å². The van der Waals surface area contributed by atoms with Crippen molar-refractivity contribution in [1.82, 2.24) is 10.2 Å². The third-order valence-electron chi connectivity index (χ3n) is 4.32. The average molecular weight is 368 g/mol. The molecule has 2 heterocycles. The van der Waals surface area contributed by atoms with Gasteiger partial charge in [0.05, 0.1) is 36.8 Å². The van der Waals surface area contributed by atoms with Crippen molar-refractivity contribution in [3.63, 3.8) is 0 Å². The summed E-state index contributed by atoms with van der Waals surface area (Å²) in [7, 11) is 0. The van der Waals surface area contributed by atoms with E-state index in [-0.39, 0.29) is 12.6 Å². The predicted molar refractivity (Wildman–Crippen MR) is 96.6 cm³/mol. The average Bonchev–Trinajstić information content (AvgIpc) is 3.23. The molecule has 1 atom stereocenters. The third kappa shape index (κ3) is 4.73. The molecule has 0 saturated carbocycles. The van der Waals surface area contributed by atoms with Gasteiger partial charge in [0.1, 0.15) is 11.8 Å². The maximum absolute atomic E-state index is 12.2. The minimum absolute atomic E-state index is 0.188. The second-order valence-electron chi connectivity index (χ2n) is 6.00. The Bertz CT molecular complexity index is 822. The summed E-state index contributed by atoms with van der Waals surface area (Å²) in [6.45, 7) is 2.86. The van der Waals surface area contributed by atoms with Gasteiger partial charge in [-0.3, -0.25) is 14.5 Å². The summed E-state index contributed by atoms with van der Waals surface area (Å²) >= 11 is 0. The number of nitriles is 1. The number of para-hydroxylation sites is 1. The number of carbonyl (C=O) groups is 2. The Balaban J connectivity index is 1.61. The Kier molecular flexibility index (Phi) is 6.20. The van der Waals surface area contributed by atoms with E-state index in [9.17, 15) is 9.59 Å². The summed E-state index contributed by atoms with van der Waals surface area (Å²) in [5, 5.41) is 14.2. The fourth-order valence-electron chi connectivity index (χ4n) is 2.92. The van der Waals surface area contributed by atoms with Crippen molar-refractivity contribution < 1.29 is 18.7 Å². The molecule has 8 nitrogen and oxygen atoms in total. The molecular weight excluding hydrogens is 348 g/mol. The van der Waals surface area contributed by atoms with Gasteiger partial charge in [-0.15, -0.1) is 0 Å². The highest BCUT2D eigenvalue weighted by Crippen LogP contribution is 2.21. The molecule has 1 fully saturated rings. The Hall–Kier alpha value is -3.15. The number of benzene rings is 1. The number of ether oxygens (including phenoxy) is 1. The predicted octanol–water partition coefficient (Wildman–Crippen LogP) is 1.28. The molecule has 0 bridgehead atoms. The standard InChI is InChI=1S/C19H20N4O4/c20-12-14-4-1-2-5-15(14)22-19(25)18(24)21-13-16(17-6-3-9-27-17)23-7-10-26-11-8-23/h1-6,9,16H,7-8,10-11,13H2,(H,21,24)(H,22,25). The zero-order valence-electron chi connectivity index (χ0n) is 14.7. The van der Waals surface area contributed by atoms with Gasteiger partial charge in [-0.25, -0.2) is 0 Å². The van der Waals surface area contributed by atoms with Crippen molar-refractivity contribution in [2.45, 2.75) is 6.04 Å². The van der Waals surface area contributed by atoms with Crippen molar-refractivity contribution in [3.8, 4) is 6.07 Å². The first-order chi connectivity index (χ1) is 13.2. The van der Waals surface area contributed by atoms with E-state index in [4.69, 9.17) is 14.4 Å². The minimum atomic E-state index is -0.821. The molecule has 3 rings (SSSR count). The lowest BCUT2D eigenvalue weighted by Crippen LogP contribution is -2.45. The zero-order valence-corrected chi connectivity index (χ0v) is 14.7. The molecular formula is C19H20N4O4. The quantitative estimate of drug-likeness (QED) is 0.770. The number of morpholine rings is 1. The Morgan fingerprint density at radius 3 is 2.63 bits per heavy atom. The van der Waals surface area contributed by atoms with Crippen molar-refractivity contribution in [3.05, 3.63) is 54.0 Å². The van der Waals surface area contributed by atoms with Gasteiger partial charge >= 0.3 is 11.8 Å². The molecule has 0 radical (unpaired) electrons. The number of hydrogen-bond acceptors (Lipinski definition) is 6. The zero-order chi connectivity index (χ0) is 19.1. The molecule has 8 heteroatoms. The van der Waals surface area contributed by atoms with Crippen LogP contribution in [0.2, 0.25) is 0 Å². The SMILES string of the molecule is N#Cc1ccccc1NC(=O)C(=O)NCC(c1ccco1)N1CCOCC1. The number of nitrogens with zero attached hydrogens (tertiary/aromatic N) is 2. The van der Waals surface area contributed by atoms with E-state index < -0.39 is 11.8 Å². The summed E-state index contributed by atoms with van der Waals surface area (Å²) < 4.78 is 10.9. The summed E-state index contributed by atoms with van der Waals surface area (Å²) in [5.74, 6) is -0.877. The monoisotopic (exact) mass is 368 g/mol. The van der Waals surface area contributed by atoms with Crippen LogP contribution in [-0.2, 0) is 14.3 Å². The molecule has 140 valence electrons. The molecule has 0 spiro atoms. The van der Waals surface area contributed by atoms with E-state index in [1.54, 1.807) is 36.6 Å². The molecule has 2 aromatic rings. The van der Waals surface area contributed by atoms with Crippen LogP contribution in [0.5, 0.6) is 0 Å². The molecule has 1 unspecified atom stereocenters. The molecule has 27 heavy (non-hydrogen) atoms. The lowest BCUT2D eigenvalue weighted by Gasteiger charge is -2.33. The van der Waals surface area contributed by atoms with Gasteiger partial charge in [-0.2, -0.15) is 5.26 Å². The van der Waals surface area contributed by atoms with E-state index in [1.165, 1.54) is 0 Å². The Labute approximate surface area is 156 Å². The maximum atomic E-state index is 12.2. The number of nitrogens with one attached hydrogen (secondary N) is 2. The molecule has 1 aliphatic rings. The highest BCUT2D eigenvalue weighted by atomic mass is 16.5. The maximum Gasteiger partial charge on any atom is 0.313 e. The topological polar surface area (TPSA) is 108 Å². The number of hydrogen-bond donors (Lipinski definition) is 2. The number of rotatable bonds is 5. The van der Waals surface area contributed by atoms with E-state index in [1.807, 2.05) is 12.1 Å². The van der Waals surface area contributed by atoms with Gasteiger partial charge < -0.3 is 19.8 Å². The molecule has 2 amide bonds. The van der Waals surface area contributed by atoms with Crippen molar-refractivity contribution >= 4 is 17.5 Å². The van der Waals surface area contributed by atoms with Crippen LogP contribution in [0.25, 0.3) is 0 Å². The largest absolute Gasteiger partial charge is 0.468 e. The second kappa shape index (κ2) is 8.98. The van der Waals surface area contributed by atoms with Crippen LogP contribution in [0, 0.1) is 11.3 Å². The number of amides is 2. The van der Waals surface area contributed by atoms with Gasteiger partial charge in [-0.1, -0.05) is 12.1 Å². The molecule has 1 aromatic carbocycles. The molecule has 2 N–H and O–H groups in total. The first-order valence-electron chi connectivity index (χ1n) is 8.62. The molecule has 1 aliphatic heterocycles. The fraction of sp³-hybridized carbons (Fsp3) is 0.316. The van der Waals surface area contributed by atoms with Crippen molar-refractivity contribution in [1.29, 1.82) is 5.26 Å². The summed E-state index contributed by atoms with van der Waals surface area (Å²) in [6, 6.07) is 11.9. The third-order valence-corrected chi connectivity index (χ3v) is 4.32. The van der Waals surface area contributed by atoms with E-state index in [0.29, 0.717) is 43.3 Å². The Morgan fingerprint density at radius 2 is 1.93 bits per heavy atom. The smallest absolute Gasteiger partial charge is 0.313 e. The van der Waals surface area contributed by atoms with Crippen molar-refractivity contribution in [2.75, 3.05) is 38.2 Å². The van der Waals surface area contributed by atoms with Crippen LogP contribution < -0.4 is 10.6 Å². The first-order valence-corrected chi connectivity index (χ1v) is 8.62. The summed E-state index contributed by atoms with van der Waals surface area (Å²) in [5.41, 5.74) is 0.594. The molecule has 1 aromatic heterocycles.